The van der Waals surface area contributed by atoms with Gasteiger partial charge in [-0.05, 0) is 38.0 Å². The van der Waals surface area contributed by atoms with Gasteiger partial charge in [-0.25, -0.2) is 0 Å². The Labute approximate surface area is 140 Å². The number of Topliss-reactive ketones (excluding diaryl/α,β-unsaturated/α-hetero) is 1. The third-order valence-corrected chi connectivity index (χ3v) is 6.58. The lowest BCUT2D eigenvalue weighted by Gasteiger charge is -2.28. The number of hydrogen-bond acceptors (Lipinski definition) is 3. The number of thioether (sulfide) groups is 1. The van der Waals surface area contributed by atoms with E-state index < -0.39 is 0 Å². The summed E-state index contributed by atoms with van der Waals surface area (Å²) in [5, 5.41) is 11.7. The molecule has 3 heteroatoms. The first-order valence-corrected chi connectivity index (χ1v) is 10.1. The lowest BCUT2D eigenvalue weighted by atomic mass is 9.83. The summed E-state index contributed by atoms with van der Waals surface area (Å²) >= 11 is 2.12. The van der Waals surface area contributed by atoms with E-state index in [9.17, 15) is 9.90 Å². The molecule has 1 N–H and O–H groups in total. The fraction of sp³-hybridized carbons (Fsp3) is 0.842. The third-order valence-electron chi connectivity index (χ3n) is 5.06. The molecule has 22 heavy (non-hydrogen) atoms. The van der Waals surface area contributed by atoms with Crippen LogP contribution in [0.3, 0.4) is 0 Å². The molecule has 0 saturated heterocycles. The highest BCUT2D eigenvalue weighted by molar-refractivity contribution is 8.00. The molecule has 0 spiro atoms. The van der Waals surface area contributed by atoms with Crippen LogP contribution in [0, 0.1) is 5.92 Å². The summed E-state index contributed by atoms with van der Waals surface area (Å²) in [7, 11) is 0. The van der Waals surface area contributed by atoms with Crippen molar-refractivity contribution >= 4 is 17.5 Å². The minimum absolute atomic E-state index is 0.206. The van der Waals surface area contributed by atoms with Crippen LogP contribution in [-0.4, -0.2) is 21.4 Å². The molecule has 1 saturated carbocycles. The summed E-state index contributed by atoms with van der Waals surface area (Å²) in [4.78, 5) is 12.3. The summed E-state index contributed by atoms with van der Waals surface area (Å²) in [6.07, 6.45) is 12.2. The summed E-state index contributed by atoms with van der Waals surface area (Å²) in [6.45, 7) is 4.43. The van der Waals surface area contributed by atoms with Gasteiger partial charge in [0.2, 0.25) is 0 Å². The third kappa shape index (κ3) is 5.33. The topological polar surface area (TPSA) is 37.3 Å². The number of unbranched alkanes of at least 4 members (excludes halogenated alkanes) is 1. The van der Waals surface area contributed by atoms with Gasteiger partial charge in [-0.1, -0.05) is 39.5 Å². The van der Waals surface area contributed by atoms with Crippen molar-refractivity contribution in [1.29, 1.82) is 0 Å². The number of aliphatic hydroxyl groups is 1. The smallest absolute Gasteiger partial charge is 0.162 e. The molecule has 0 heterocycles. The molecule has 2 rings (SSSR count). The molecule has 0 aromatic heterocycles. The van der Waals surface area contributed by atoms with Gasteiger partial charge in [-0.2, -0.15) is 11.8 Å². The number of hydrogen-bond donors (Lipinski definition) is 1. The van der Waals surface area contributed by atoms with E-state index in [1.807, 2.05) is 0 Å². The van der Waals surface area contributed by atoms with Crippen LogP contribution in [0.2, 0.25) is 0 Å². The molecule has 0 amide bonds. The number of ketones is 1. The normalized spacial score (nSPS) is 25.5. The van der Waals surface area contributed by atoms with Crippen LogP contribution in [-0.2, 0) is 4.79 Å². The molecule has 126 valence electrons. The average Bonchev–Trinajstić information content (AvgIpc) is 2.47. The summed E-state index contributed by atoms with van der Waals surface area (Å²) < 4.78 is 0. The van der Waals surface area contributed by atoms with E-state index in [0.29, 0.717) is 23.3 Å². The van der Waals surface area contributed by atoms with Crippen LogP contribution in [0.1, 0.15) is 84.5 Å². The second-order valence-corrected chi connectivity index (χ2v) is 8.91. The van der Waals surface area contributed by atoms with Crippen molar-refractivity contribution < 1.29 is 9.90 Å². The van der Waals surface area contributed by atoms with Gasteiger partial charge in [0, 0.05) is 28.9 Å². The van der Waals surface area contributed by atoms with Crippen molar-refractivity contribution in [3.8, 4) is 0 Å². The van der Waals surface area contributed by atoms with E-state index >= 15 is 0 Å². The Morgan fingerprint density at radius 1 is 1.23 bits per heavy atom. The summed E-state index contributed by atoms with van der Waals surface area (Å²) in [5.74, 6) is 0.950. The maximum absolute atomic E-state index is 12.3. The van der Waals surface area contributed by atoms with Crippen molar-refractivity contribution in [2.24, 2.45) is 5.92 Å². The highest BCUT2D eigenvalue weighted by Gasteiger charge is 2.29. The number of allylic oxidation sites excluding steroid dienone is 2. The maximum Gasteiger partial charge on any atom is 0.162 e. The zero-order chi connectivity index (χ0) is 15.9. The van der Waals surface area contributed by atoms with Crippen molar-refractivity contribution in [2.45, 2.75) is 95.0 Å². The molecule has 2 unspecified atom stereocenters. The van der Waals surface area contributed by atoms with Crippen molar-refractivity contribution in [2.75, 3.05) is 0 Å². The van der Waals surface area contributed by atoms with Gasteiger partial charge in [0.25, 0.3) is 0 Å². The molecule has 0 aliphatic heterocycles. The first kappa shape index (κ1) is 17.9. The minimum Gasteiger partial charge on any atom is -0.512 e. The van der Waals surface area contributed by atoms with Crippen LogP contribution in [0.15, 0.2) is 11.3 Å². The molecular formula is C19H32O2S. The molecular weight excluding hydrogens is 292 g/mol. The van der Waals surface area contributed by atoms with Gasteiger partial charge >= 0.3 is 0 Å². The number of carbonyl (C=O) groups is 1. The molecule has 0 aromatic rings. The van der Waals surface area contributed by atoms with E-state index in [2.05, 4.69) is 25.6 Å². The zero-order valence-electron chi connectivity index (χ0n) is 14.3. The minimum atomic E-state index is 0.206. The van der Waals surface area contributed by atoms with E-state index in [4.69, 9.17) is 0 Å². The Morgan fingerprint density at radius 3 is 2.59 bits per heavy atom. The lowest BCUT2D eigenvalue weighted by molar-refractivity contribution is -0.117. The Hall–Kier alpha value is -0.440. The van der Waals surface area contributed by atoms with Gasteiger partial charge in [0.1, 0.15) is 0 Å². The quantitative estimate of drug-likeness (QED) is 0.642. The van der Waals surface area contributed by atoms with Gasteiger partial charge in [-0.15, -0.1) is 0 Å². The number of rotatable bonds is 7. The monoisotopic (exact) mass is 324 g/mol. The van der Waals surface area contributed by atoms with Crippen LogP contribution in [0.25, 0.3) is 0 Å². The zero-order valence-corrected chi connectivity index (χ0v) is 15.1. The van der Waals surface area contributed by atoms with Crippen LogP contribution in [0.5, 0.6) is 0 Å². The highest BCUT2D eigenvalue weighted by Crippen LogP contribution is 2.37. The van der Waals surface area contributed by atoms with E-state index in [1.165, 1.54) is 32.1 Å². The fourth-order valence-electron chi connectivity index (χ4n) is 3.87. The summed E-state index contributed by atoms with van der Waals surface area (Å²) in [5.41, 5.74) is 0.727. The summed E-state index contributed by atoms with van der Waals surface area (Å²) in [6, 6.07) is 0. The van der Waals surface area contributed by atoms with Crippen molar-refractivity contribution in [3.05, 3.63) is 11.3 Å². The molecule has 2 aliphatic carbocycles. The molecule has 0 aromatic carbocycles. The molecule has 0 radical (unpaired) electrons. The second kappa shape index (κ2) is 9.00. The second-order valence-electron chi connectivity index (χ2n) is 7.17. The Balaban J connectivity index is 1.81. The molecule has 0 bridgehead atoms. The van der Waals surface area contributed by atoms with Gasteiger partial charge in [0.05, 0.1) is 5.76 Å². The first-order chi connectivity index (χ1) is 10.6. The highest BCUT2D eigenvalue weighted by atomic mass is 32.2. The van der Waals surface area contributed by atoms with Gasteiger partial charge < -0.3 is 5.11 Å². The van der Waals surface area contributed by atoms with Crippen LogP contribution >= 0.6 is 11.8 Å². The van der Waals surface area contributed by atoms with Gasteiger partial charge in [-0.3, -0.25) is 4.79 Å². The Morgan fingerprint density at radius 2 is 1.95 bits per heavy atom. The Bertz CT molecular complexity index is 396. The van der Waals surface area contributed by atoms with Gasteiger partial charge in [0.15, 0.2) is 5.78 Å². The van der Waals surface area contributed by atoms with E-state index in [1.54, 1.807) is 0 Å². The van der Waals surface area contributed by atoms with E-state index in [0.717, 1.165) is 42.9 Å². The van der Waals surface area contributed by atoms with Crippen LogP contribution < -0.4 is 0 Å². The largest absolute Gasteiger partial charge is 0.512 e. The molecule has 2 atom stereocenters. The average molecular weight is 325 g/mol. The standard InChI is InChI=1S/C19H32O2S/c1-3-4-10-17-18(20)12-15(13-19(17)21)11-14(2)22-16-8-6-5-7-9-16/h14-16,20H,3-13H2,1-2H3. The Kier molecular flexibility index (Phi) is 7.33. The molecule has 2 nitrogen and oxygen atoms in total. The van der Waals surface area contributed by atoms with E-state index in [-0.39, 0.29) is 5.78 Å². The number of carbonyl (C=O) groups excluding carboxylic acids is 1. The first-order valence-electron chi connectivity index (χ1n) is 9.19. The predicted octanol–water partition coefficient (Wildman–Crippen LogP) is 5.81. The molecule has 2 aliphatic rings. The van der Waals surface area contributed by atoms with Crippen molar-refractivity contribution in [1.82, 2.24) is 0 Å². The predicted molar refractivity (Wildman–Crippen MR) is 95.5 cm³/mol. The SMILES string of the molecule is CCCCC1=C(O)CC(CC(C)SC2CCCCC2)CC1=O. The van der Waals surface area contributed by atoms with Crippen molar-refractivity contribution in [3.63, 3.8) is 0 Å². The van der Waals surface area contributed by atoms with Crippen LogP contribution in [0.4, 0.5) is 0 Å². The number of aliphatic hydroxyl groups excluding tert-OH is 1. The maximum atomic E-state index is 12.3. The molecule has 1 fully saturated rings. The lowest BCUT2D eigenvalue weighted by Crippen LogP contribution is -2.23. The fourth-order valence-corrected chi connectivity index (χ4v) is 5.52.